The van der Waals surface area contributed by atoms with Crippen LogP contribution in [-0.2, 0) is 9.47 Å². The maximum Gasteiger partial charge on any atom is 0.0729 e. The molecule has 2 fully saturated rings. The minimum Gasteiger partial charge on any atom is -0.381 e. The fraction of sp³-hybridized carbons (Fsp3) is 1.00. The molecule has 0 N–H and O–H groups in total. The van der Waals surface area contributed by atoms with Crippen molar-refractivity contribution in [3.63, 3.8) is 0 Å². The van der Waals surface area contributed by atoms with Crippen molar-refractivity contribution >= 4 is 15.9 Å². The van der Waals surface area contributed by atoms with Gasteiger partial charge in [0.05, 0.1) is 5.60 Å². The Labute approximate surface area is 94.5 Å². The standard InChI is InChI=1S/C11H19BrO2/c12-5-1-10-2-6-14-11(9-10)3-7-13-8-4-11/h10H,1-9H2. The van der Waals surface area contributed by atoms with E-state index < -0.39 is 0 Å². The molecule has 0 amide bonds. The van der Waals surface area contributed by atoms with Gasteiger partial charge in [0.25, 0.3) is 0 Å². The molecule has 2 rings (SSSR count). The highest BCUT2D eigenvalue weighted by molar-refractivity contribution is 9.09. The van der Waals surface area contributed by atoms with E-state index in [1.165, 1.54) is 19.3 Å². The number of alkyl halides is 1. The smallest absolute Gasteiger partial charge is 0.0729 e. The Morgan fingerprint density at radius 1 is 1.21 bits per heavy atom. The van der Waals surface area contributed by atoms with Gasteiger partial charge in [-0.1, -0.05) is 15.9 Å². The molecule has 14 heavy (non-hydrogen) atoms. The molecule has 0 saturated carbocycles. The first-order valence-corrected chi connectivity index (χ1v) is 6.74. The molecule has 82 valence electrons. The molecule has 0 radical (unpaired) electrons. The zero-order chi connectivity index (χ0) is 9.86. The first-order valence-electron chi connectivity index (χ1n) is 5.62. The van der Waals surface area contributed by atoms with Crippen LogP contribution in [0.4, 0.5) is 0 Å². The Bertz CT molecular complexity index is 171. The minimum atomic E-state index is 0.184. The van der Waals surface area contributed by atoms with Crippen LogP contribution >= 0.6 is 15.9 Å². The molecule has 0 bridgehead atoms. The second-order valence-corrected chi connectivity index (χ2v) is 5.27. The van der Waals surface area contributed by atoms with Crippen molar-refractivity contribution in [2.45, 2.75) is 37.7 Å². The number of rotatable bonds is 2. The van der Waals surface area contributed by atoms with Crippen LogP contribution in [0.3, 0.4) is 0 Å². The molecule has 2 aliphatic heterocycles. The summed E-state index contributed by atoms with van der Waals surface area (Å²) in [6.07, 6.45) is 6.00. The molecule has 2 heterocycles. The number of halogens is 1. The van der Waals surface area contributed by atoms with Crippen molar-refractivity contribution in [1.82, 2.24) is 0 Å². The Morgan fingerprint density at radius 3 is 2.71 bits per heavy atom. The third-order valence-corrected chi connectivity index (χ3v) is 3.97. The monoisotopic (exact) mass is 262 g/mol. The van der Waals surface area contributed by atoms with Gasteiger partial charge in [0.15, 0.2) is 0 Å². The van der Waals surface area contributed by atoms with E-state index in [4.69, 9.17) is 9.47 Å². The average Bonchev–Trinajstić information content (AvgIpc) is 2.19. The summed E-state index contributed by atoms with van der Waals surface area (Å²) in [5, 5.41) is 1.13. The SMILES string of the molecule is BrCCC1CCOC2(CCOCC2)C1. The van der Waals surface area contributed by atoms with Gasteiger partial charge in [0.2, 0.25) is 0 Å². The van der Waals surface area contributed by atoms with E-state index in [0.717, 1.165) is 43.9 Å². The second-order valence-electron chi connectivity index (χ2n) is 4.48. The van der Waals surface area contributed by atoms with Gasteiger partial charge < -0.3 is 9.47 Å². The zero-order valence-corrected chi connectivity index (χ0v) is 10.2. The van der Waals surface area contributed by atoms with Crippen LogP contribution in [0.5, 0.6) is 0 Å². The average molecular weight is 263 g/mol. The summed E-state index contributed by atoms with van der Waals surface area (Å²) in [6.45, 7) is 2.74. The molecule has 0 aromatic carbocycles. The van der Waals surface area contributed by atoms with Gasteiger partial charge in [0.1, 0.15) is 0 Å². The van der Waals surface area contributed by atoms with E-state index in [9.17, 15) is 0 Å². The van der Waals surface area contributed by atoms with Gasteiger partial charge in [0, 0.05) is 25.2 Å². The molecule has 1 atom stereocenters. The molecule has 2 nitrogen and oxygen atoms in total. The van der Waals surface area contributed by atoms with Crippen LogP contribution in [0, 0.1) is 5.92 Å². The lowest BCUT2D eigenvalue weighted by atomic mass is 9.80. The van der Waals surface area contributed by atoms with E-state index in [-0.39, 0.29) is 5.60 Å². The van der Waals surface area contributed by atoms with Crippen molar-refractivity contribution in [3.05, 3.63) is 0 Å². The third kappa shape index (κ3) is 2.50. The van der Waals surface area contributed by atoms with Gasteiger partial charge in [-0.15, -0.1) is 0 Å². The van der Waals surface area contributed by atoms with E-state index in [2.05, 4.69) is 15.9 Å². The zero-order valence-electron chi connectivity index (χ0n) is 8.64. The summed E-state index contributed by atoms with van der Waals surface area (Å²) >= 11 is 3.53. The highest BCUT2D eigenvalue weighted by Crippen LogP contribution is 2.38. The number of hydrogen-bond acceptors (Lipinski definition) is 2. The molecule has 0 aliphatic carbocycles. The molecular formula is C11H19BrO2. The quantitative estimate of drug-likeness (QED) is 0.713. The lowest BCUT2D eigenvalue weighted by molar-refractivity contribution is -0.146. The van der Waals surface area contributed by atoms with Crippen LogP contribution in [-0.4, -0.2) is 30.8 Å². The first kappa shape index (κ1) is 10.9. The topological polar surface area (TPSA) is 18.5 Å². The molecule has 1 spiro atoms. The largest absolute Gasteiger partial charge is 0.381 e. The van der Waals surface area contributed by atoms with Crippen LogP contribution in [0.1, 0.15) is 32.1 Å². The Balaban J connectivity index is 1.91. The summed E-state index contributed by atoms with van der Waals surface area (Å²) in [5.41, 5.74) is 0.184. The van der Waals surface area contributed by atoms with E-state index >= 15 is 0 Å². The Kier molecular flexibility index (Phi) is 3.86. The normalized spacial score (nSPS) is 31.9. The van der Waals surface area contributed by atoms with Gasteiger partial charge in [-0.05, 0) is 38.0 Å². The van der Waals surface area contributed by atoms with Gasteiger partial charge in [-0.2, -0.15) is 0 Å². The molecule has 2 aliphatic rings. The lowest BCUT2D eigenvalue weighted by Crippen LogP contribution is -2.44. The van der Waals surface area contributed by atoms with Crippen LogP contribution in [0.25, 0.3) is 0 Å². The fourth-order valence-corrected chi connectivity index (χ4v) is 3.27. The highest BCUT2D eigenvalue weighted by Gasteiger charge is 2.38. The molecule has 3 heteroatoms. The molecule has 1 unspecified atom stereocenters. The fourth-order valence-electron chi connectivity index (χ4n) is 2.62. The summed E-state index contributed by atoms with van der Waals surface area (Å²) in [7, 11) is 0. The molecule has 2 saturated heterocycles. The summed E-state index contributed by atoms with van der Waals surface area (Å²) < 4.78 is 11.4. The van der Waals surface area contributed by atoms with Crippen LogP contribution < -0.4 is 0 Å². The summed E-state index contributed by atoms with van der Waals surface area (Å²) in [4.78, 5) is 0. The molecular weight excluding hydrogens is 244 g/mol. The van der Waals surface area contributed by atoms with Crippen LogP contribution in [0.2, 0.25) is 0 Å². The summed E-state index contributed by atoms with van der Waals surface area (Å²) in [5.74, 6) is 0.862. The van der Waals surface area contributed by atoms with Crippen molar-refractivity contribution in [2.24, 2.45) is 5.92 Å². The van der Waals surface area contributed by atoms with Crippen molar-refractivity contribution in [3.8, 4) is 0 Å². The second kappa shape index (κ2) is 4.95. The Morgan fingerprint density at radius 2 is 2.00 bits per heavy atom. The van der Waals surface area contributed by atoms with Gasteiger partial charge in [-0.3, -0.25) is 0 Å². The lowest BCUT2D eigenvalue weighted by Gasteiger charge is -2.43. The summed E-state index contributed by atoms with van der Waals surface area (Å²) in [6, 6.07) is 0. The predicted molar refractivity (Wildman–Crippen MR) is 59.9 cm³/mol. The third-order valence-electron chi connectivity index (χ3n) is 3.52. The maximum absolute atomic E-state index is 5.99. The maximum atomic E-state index is 5.99. The van der Waals surface area contributed by atoms with Gasteiger partial charge >= 0.3 is 0 Å². The van der Waals surface area contributed by atoms with Crippen LogP contribution in [0.15, 0.2) is 0 Å². The van der Waals surface area contributed by atoms with E-state index in [1.54, 1.807) is 0 Å². The Hall–Kier alpha value is 0.400. The number of ether oxygens (including phenoxy) is 2. The van der Waals surface area contributed by atoms with Crippen molar-refractivity contribution in [2.75, 3.05) is 25.2 Å². The number of hydrogen-bond donors (Lipinski definition) is 0. The van der Waals surface area contributed by atoms with Crippen molar-refractivity contribution < 1.29 is 9.47 Å². The van der Waals surface area contributed by atoms with Crippen molar-refractivity contribution in [1.29, 1.82) is 0 Å². The molecule has 0 aromatic rings. The minimum absolute atomic E-state index is 0.184. The predicted octanol–water partition coefficient (Wildman–Crippen LogP) is 2.75. The highest BCUT2D eigenvalue weighted by atomic mass is 79.9. The first-order chi connectivity index (χ1) is 6.85. The van der Waals surface area contributed by atoms with E-state index in [0.29, 0.717) is 0 Å². The molecule has 0 aromatic heterocycles. The van der Waals surface area contributed by atoms with E-state index in [1.807, 2.05) is 0 Å². The van der Waals surface area contributed by atoms with Gasteiger partial charge in [-0.25, -0.2) is 0 Å².